The molecule has 0 aliphatic carbocycles. The number of hydrogen-bond acceptors (Lipinski definition) is 4. The van der Waals surface area contributed by atoms with Crippen molar-refractivity contribution in [2.75, 3.05) is 12.3 Å². The van der Waals surface area contributed by atoms with Crippen LogP contribution in [0.3, 0.4) is 0 Å². The molecule has 110 valence electrons. The van der Waals surface area contributed by atoms with Gasteiger partial charge in [0, 0.05) is 18.7 Å². The number of likely N-dealkylation sites (tertiary alicyclic amines) is 1. The Balaban J connectivity index is 2.08. The standard InChI is InChI=1S/C15H23N3O2/c1-2-5-13-6-3-4-9-17(13)11-12-7-8-15(18(19)20)14(16)10-12/h7-8,10,13H,2-6,9,11,16H2,1H3. The Morgan fingerprint density at radius 2 is 2.25 bits per heavy atom. The lowest BCUT2D eigenvalue weighted by Crippen LogP contribution is -2.38. The summed E-state index contributed by atoms with van der Waals surface area (Å²) in [6.45, 7) is 4.17. The average molecular weight is 277 g/mol. The topological polar surface area (TPSA) is 72.4 Å². The zero-order chi connectivity index (χ0) is 14.5. The molecular formula is C15H23N3O2. The van der Waals surface area contributed by atoms with Crippen LogP contribution in [0.1, 0.15) is 44.6 Å². The molecule has 1 aromatic carbocycles. The van der Waals surface area contributed by atoms with E-state index < -0.39 is 4.92 Å². The highest BCUT2D eigenvalue weighted by Gasteiger charge is 2.22. The summed E-state index contributed by atoms with van der Waals surface area (Å²) in [4.78, 5) is 12.8. The lowest BCUT2D eigenvalue weighted by Gasteiger charge is -2.35. The van der Waals surface area contributed by atoms with E-state index in [1.807, 2.05) is 6.07 Å². The number of nitrogens with two attached hydrogens (primary N) is 1. The molecule has 1 fully saturated rings. The van der Waals surface area contributed by atoms with Crippen LogP contribution in [0.25, 0.3) is 0 Å². The van der Waals surface area contributed by atoms with Crippen molar-refractivity contribution in [3.8, 4) is 0 Å². The van der Waals surface area contributed by atoms with Crippen LogP contribution in [0, 0.1) is 10.1 Å². The van der Waals surface area contributed by atoms with Crippen molar-refractivity contribution < 1.29 is 4.92 Å². The van der Waals surface area contributed by atoms with E-state index in [4.69, 9.17) is 5.73 Å². The van der Waals surface area contributed by atoms with Crippen LogP contribution in [-0.4, -0.2) is 22.4 Å². The van der Waals surface area contributed by atoms with E-state index in [9.17, 15) is 10.1 Å². The summed E-state index contributed by atoms with van der Waals surface area (Å²) in [5, 5.41) is 10.8. The molecular weight excluding hydrogens is 254 g/mol. The molecule has 0 aromatic heterocycles. The Morgan fingerprint density at radius 3 is 2.90 bits per heavy atom. The molecule has 1 unspecified atom stereocenters. The molecule has 1 aliphatic rings. The van der Waals surface area contributed by atoms with Crippen LogP contribution < -0.4 is 5.73 Å². The van der Waals surface area contributed by atoms with E-state index >= 15 is 0 Å². The molecule has 0 bridgehead atoms. The largest absolute Gasteiger partial charge is 0.393 e. The molecule has 5 heteroatoms. The summed E-state index contributed by atoms with van der Waals surface area (Å²) in [6.07, 6.45) is 6.23. The molecule has 2 N–H and O–H groups in total. The van der Waals surface area contributed by atoms with Crippen molar-refractivity contribution in [3.63, 3.8) is 0 Å². The predicted octanol–water partition coefficient (Wildman–Crippen LogP) is 3.33. The molecule has 20 heavy (non-hydrogen) atoms. The van der Waals surface area contributed by atoms with Gasteiger partial charge in [-0.3, -0.25) is 15.0 Å². The van der Waals surface area contributed by atoms with E-state index in [0.29, 0.717) is 6.04 Å². The van der Waals surface area contributed by atoms with E-state index in [0.717, 1.165) is 18.7 Å². The van der Waals surface area contributed by atoms with E-state index in [1.165, 1.54) is 38.2 Å². The number of rotatable bonds is 5. The van der Waals surface area contributed by atoms with Gasteiger partial charge in [0.2, 0.25) is 0 Å². The Kier molecular flexibility index (Phi) is 4.95. The molecule has 1 heterocycles. The van der Waals surface area contributed by atoms with Crippen LogP contribution in [0.5, 0.6) is 0 Å². The van der Waals surface area contributed by atoms with Crippen LogP contribution in [-0.2, 0) is 6.54 Å². The molecule has 0 spiro atoms. The van der Waals surface area contributed by atoms with Gasteiger partial charge in [-0.25, -0.2) is 0 Å². The minimum absolute atomic E-state index is 0.00231. The third-order valence-electron chi connectivity index (χ3n) is 4.05. The first-order valence-corrected chi connectivity index (χ1v) is 7.38. The van der Waals surface area contributed by atoms with Crippen molar-refractivity contribution in [2.45, 2.75) is 51.6 Å². The maximum Gasteiger partial charge on any atom is 0.292 e. The zero-order valence-electron chi connectivity index (χ0n) is 12.0. The lowest BCUT2D eigenvalue weighted by molar-refractivity contribution is -0.383. The zero-order valence-corrected chi connectivity index (χ0v) is 12.0. The molecule has 0 radical (unpaired) electrons. The Morgan fingerprint density at radius 1 is 1.45 bits per heavy atom. The Hall–Kier alpha value is -1.62. The minimum atomic E-state index is -0.431. The third kappa shape index (κ3) is 3.48. The third-order valence-corrected chi connectivity index (χ3v) is 4.05. The predicted molar refractivity (Wildman–Crippen MR) is 80.5 cm³/mol. The second-order valence-corrected chi connectivity index (χ2v) is 5.56. The Labute approximate surface area is 119 Å². The van der Waals surface area contributed by atoms with Gasteiger partial charge < -0.3 is 5.73 Å². The van der Waals surface area contributed by atoms with Gasteiger partial charge in [0.15, 0.2) is 0 Å². The summed E-state index contributed by atoms with van der Waals surface area (Å²) < 4.78 is 0. The van der Waals surface area contributed by atoms with Crippen LogP contribution in [0.4, 0.5) is 11.4 Å². The van der Waals surface area contributed by atoms with Crippen molar-refractivity contribution in [1.82, 2.24) is 4.90 Å². The van der Waals surface area contributed by atoms with Gasteiger partial charge in [-0.15, -0.1) is 0 Å². The molecule has 1 saturated heterocycles. The highest BCUT2D eigenvalue weighted by molar-refractivity contribution is 5.59. The Bertz CT molecular complexity index is 474. The molecule has 2 rings (SSSR count). The van der Waals surface area contributed by atoms with Gasteiger partial charge in [0.1, 0.15) is 5.69 Å². The average Bonchev–Trinajstić information content (AvgIpc) is 2.41. The van der Waals surface area contributed by atoms with Gasteiger partial charge in [-0.2, -0.15) is 0 Å². The van der Waals surface area contributed by atoms with Crippen molar-refractivity contribution in [3.05, 3.63) is 33.9 Å². The van der Waals surface area contributed by atoms with Crippen molar-refractivity contribution in [2.24, 2.45) is 0 Å². The lowest BCUT2D eigenvalue weighted by atomic mass is 9.97. The van der Waals surface area contributed by atoms with E-state index in [1.54, 1.807) is 6.07 Å². The normalized spacial score (nSPS) is 19.9. The minimum Gasteiger partial charge on any atom is -0.393 e. The fraction of sp³-hybridized carbons (Fsp3) is 0.600. The number of anilines is 1. The van der Waals surface area contributed by atoms with Crippen molar-refractivity contribution in [1.29, 1.82) is 0 Å². The number of nitro benzene ring substituents is 1. The maximum absolute atomic E-state index is 10.8. The fourth-order valence-corrected chi connectivity index (χ4v) is 3.03. The molecule has 1 aromatic rings. The number of piperidine rings is 1. The van der Waals surface area contributed by atoms with Gasteiger partial charge in [-0.05, 0) is 37.4 Å². The molecule has 1 atom stereocenters. The first-order chi connectivity index (χ1) is 9.61. The van der Waals surface area contributed by atoms with Gasteiger partial charge in [0.05, 0.1) is 4.92 Å². The van der Waals surface area contributed by atoms with E-state index in [-0.39, 0.29) is 11.4 Å². The number of nitro groups is 1. The van der Waals surface area contributed by atoms with Gasteiger partial charge in [-0.1, -0.05) is 25.8 Å². The first-order valence-electron chi connectivity index (χ1n) is 7.38. The molecule has 5 nitrogen and oxygen atoms in total. The SMILES string of the molecule is CCCC1CCCCN1Cc1ccc([N+](=O)[O-])c(N)c1. The number of nitrogen functional groups attached to an aromatic ring is 1. The molecule has 1 aliphatic heterocycles. The summed E-state index contributed by atoms with van der Waals surface area (Å²) in [5.74, 6) is 0. The second kappa shape index (κ2) is 6.70. The summed E-state index contributed by atoms with van der Waals surface area (Å²) in [6, 6.07) is 5.73. The van der Waals surface area contributed by atoms with Gasteiger partial charge in [0.25, 0.3) is 5.69 Å². The van der Waals surface area contributed by atoms with Gasteiger partial charge >= 0.3 is 0 Å². The summed E-state index contributed by atoms with van der Waals surface area (Å²) in [7, 11) is 0. The summed E-state index contributed by atoms with van der Waals surface area (Å²) in [5.41, 5.74) is 7.08. The van der Waals surface area contributed by atoms with Crippen LogP contribution >= 0.6 is 0 Å². The van der Waals surface area contributed by atoms with Crippen molar-refractivity contribution >= 4 is 11.4 Å². The highest BCUT2D eigenvalue weighted by Crippen LogP contribution is 2.26. The van der Waals surface area contributed by atoms with Crippen LogP contribution in [0.15, 0.2) is 18.2 Å². The van der Waals surface area contributed by atoms with Crippen LogP contribution in [0.2, 0.25) is 0 Å². The molecule has 0 saturated carbocycles. The maximum atomic E-state index is 10.8. The molecule has 0 amide bonds. The number of hydrogen-bond donors (Lipinski definition) is 1. The smallest absolute Gasteiger partial charge is 0.292 e. The monoisotopic (exact) mass is 277 g/mol. The fourth-order valence-electron chi connectivity index (χ4n) is 3.03. The summed E-state index contributed by atoms with van der Waals surface area (Å²) >= 11 is 0. The number of benzene rings is 1. The van der Waals surface area contributed by atoms with E-state index in [2.05, 4.69) is 11.8 Å². The first kappa shape index (κ1) is 14.8. The number of nitrogens with zero attached hydrogens (tertiary/aromatic N) is 2. The second-order valence-electron chi connectivity index (χ2n) is 5.56. The highest BCUT2D eigenvalue weighted by atomic mass is 16.6. The quantitative estimate of drug-likeness (QED) is 0.509.